The minimum absolute atomic E-state index is 0.158. The monoisotopic (exact) mass is 288 g/mol. The van der Waals surface area contributed by atoms with Gasteiger partial charge in [0.05, 0.1) is 0 Å². The molecular formula is C19H32N2. The molecule has 1 aliphatic heterocycles. The number of benzene rings is 1. The Kier molecular flexibility index (Phi) is 4.67. The van der Waals surface area contributed by atoms with Crippen molar-refractivity contribution in [3.8, 4) is 0 Å². The zero-order valence-corrected chi connectivity index (χ0v) is 14.7. The van der Waals surface area contributed by atoms with Crippen LogP contribution in [0.25, 0.3) is 0 Å². The molecule has 2 heteroatoms. The van der Waals surface area contributed by atoms with Crippen molar-refractivity contribution in [2.24, 2.45) is 5.41 Å². The average Bonchev–Trinajstić information content (AvgIpc) is 2.36. The number of nitrogens with one attached hydrogen (secondary N) is 1. The highest BCUT2D eigenvalue weighted by atomic mass is 15.1. The highest BCUT2D eigenvalue weighted by Gasteiger charge is 2.26. The SMILES string of the molecule is Cc1ccc(N2CCC(C)(C)CC2)c(CNC(C)(C)C)c1. The van der Waals surface area contributed by atoms with Gasteiger partial charge < -0.3 is 10.2 Å². The van der Waals surface area contributed by atoms with Crippen LogP contribution in [0.5, 0.6) is 0 Å². The van der Waals surface area contributed by atoms with Crippen molar-refractivity contribution >= 4 is 5.69 Å². The van der Waals surface area contributed by atoms with Crippen molar-refractivity contribution in [1.29, 1.82) is 0 Å². The lowest BCUT2D eigenvalue weighted by molar-refractivity contribution is 0.279. The van der Waals surface area contributed by atoms with Gasteiger partial charge in [0.25, 0.3) is 0 Å². The zero-order valence-electron chi connectivity index (χ0n) is 14.7. The molecule has 1 heterocycles. The molecule has 1 aliphatic rings. The van der Waals surface area contributed by atoms with E-state index in [0.717, 1.165) is 6.54 Å². The molecule has 0 spiro atoms. The van der Waals surface area contributed by atoms with Gasteiger partial charge in [0.2, 0.25) is 0 Å². The van der Waals surface area contributed by atoms with Gasteiger partial charge in [0.15, 0.2) is 0 Å². The second kappa shape index (κ2) is 6.00. The Balaban J connectivity index is 2.15. The van der Waals surface area contributed by atoms with Crippen molar-refractivity contribution < 1.29 is 0 Å². The Hall–Kier alpha value is -1.02. The van der Waals surface area contributed by atoms with E-state index in [1.165, 1.54) is 42.7 Å². The minimum Gasteiger partial charge on any atom is -0.371 e. The highest BCUT2D eigenvalue weighted by molar-refractivity contribution is 5.55. The van der Waals surface area contributed by atoms with E-state index in [0.29, 0.717) is 5.41 Å². The summed E-state index contributed by atoms with van der Waals surface area (Å²) in [6.45, 7) is 17.0. The number of rotatable bonds is 3. The second-order valence-electron chi connectivity index (χ2n) is 8.39. The molecule has 1 saturated heterocycles. The first kappa shape index (κ1) is 16.4. The van der Waals surface area contributed by atoms with Gasteiger partial charge in [0, 0.05) is 30.9 Å². The predicted octanol–water partition coefficient (Wildman–Crippen LogP) is 4.51. The van der Waals surface area contributed by atoms with Crippen LogP contribution in [0.15, 0.2) is 18.2 Å². The Morgan fingerprint density at radius 2 is 1.76 bits per heavy atom. The van der Waals surface area contributed by atoms with E-state index in [1.54, 1.807) is 0 Å². The lowest BCUT2D eigenvalue weighted by Gasteiger charge is -2.39. The molecule has 0 unspecified atom stereocenters. The van der Waals surface area contributed by atoms with Crippen molar-refractivity contribution in [3.63, 3.8) is 0 Å². The van der Waals surface area contributed by atoms with Crippen molar-refractivity contribution in [1.82, 2.24) is 5.32 Å². The molecular weight excluding hydrogens is 256 g/mol. The van der Waals surface area contributed by atoms with Crippen LogP contribution in [0, 0.1) is 12.3 Å². The van der Waals surface area contributed by atoms with Gasteiger partial charge in [-0.2, -0.15) is 0 Å². The lowest BCUT2D eigenvalue weighted by Crippen LogP contribution is -2.39. The van der Waals surface area contributed by atoms with E-state index in [2.05, 4.69) is 70.0 Å². The van der Waals surface area contributed by atoms with Crippen LogP contribution in [-0.2, 0) is 6.54 Å². The summed E-state index contributed by atoms with van der Waals surface area (Å²) in [6.07, 6.45) is 2.57. The smallest absolute Gasteiger partial charge is 0.0412 e. The maximum atomic E-state index is 3.63. The molecule has 2 nitrogen and oxygen atoms in total. The summed E-state index contributed by atoms with van der Waals surface area (Å²) in [5.74, 6) is 0. The molecule has 0 radical (unpaired) electrons. The van der Waals surface area contributed by atoms with Gasteiger partial charge in [-0.05, 0) is 57.6 Å². The molecule has 2 rings (SSSR count). The van der Waals surface area contributed by atoms with Gasteiger partial charge >= 0.3 is 0 Å². The maximum Gasteiger partial charge on any atom is 0.0412 e. The highest BCUT2D eigenvalue weighted by Crippen LogP contribution is 2.33. The number of hydrogen-bond donors (Lipinski definition) is 1. The Bertz CT molecular complexity index is 473. The summed E-state index contributed by atoms with van der Waals surface area (Å²) in [4.78, 5) is 2.57. The predicted molar refractivity (Wildman–Crippen MR) is 93.0 cm³/mol. The molecule has 1 aromatic carbocycles. The summed E-state index contributed by atoms with van der Waals surface area (Å²) in [7, 11) is 0. The first-order valence-electron chi connectivity index (χ1n) is 8.26. The summed E-state index contributed by atoms with van der Waals surface area (Å²) in [5.41, 5.74) is 4.87. The van der Waals surface area contributed by atoms with Gasteiger partial charge in [-0.15, -0.1) is 0 Å². The number of anilines is 1. The number of hydrogen-bond acceptors (Lipinski definition) is 2. The van der Waals surface area contributed by atoms with Crippen molar-refractivity contribution in [2.75, 3.05) is 18.0 Å². The first-order valence-corrected chi connectivity index (χ1v) is 8.26. The molecule has 21 heavy (non-hydrogen) atoms. The molecule has 0 bridgehead atoms. The zero-order chi connectivity index (χ0) is 15.7. The Labute approximate surface area is 130 Å². The summed E-state index contributed by atoms with van der Waals surface area (Å²) >= 11 is 0. The first-order chi connectivity index (χ1) is 9.66. The maximum absolute atomic E-state index is 3.63. The standard InChI is InChI=1S/C19H32N2/c1-15-7-8-17(16(13-15)14-20-18(2,3)4)21-11-9-19(5,6)10-12-21/h7-8,13,20H,9-12,14H2,1-6H3. The molecule has 0 aliphatic carbocycles. The summed E-state index contributed by atoms with van der Waals surface area (Å²) in [5, 5.41) is 3.63. The van der Waals surface area contributed by atoms with Crippen LogP contribution in [0.1, 0.15) is 58.6 Å². The number of nitrogens with zero attached hydrogens (tertiary/aromatic N) is 1. The number of piperidine rings is 1. The molecule has 0 saturated carbocycles. The van der Waals surface area contributed by atoms with Crippen LogP contribution in [0.4, 0.5) is 5.69 Å². The van der Waals surface area contributed by atoms with Gasteiger partial charge in [0.1, 0.15) is 0 Å². The van der Waals surface area contributed by atoms with Gasteiger partial charge in [-0.3, -0.25) is 0 Å². The van der Waals surface area contributed by atoms with E-state index in [9.17, 15) is 0 Å². The lowest BCUT2D eigenvalue weighted by atomic mass is 9.82. The van der Waals surface area contributed by atoms with Crippen LogP contribution >= 0.6 is 0 Å². The third-order valence-electron chi connectivity index (χ3n) is 4.50. The van der Waals surface area contributed by atoms with Crippen molar-refractivity contribution in [2.45, 2.75) is 66.5 Å². The van der Waals surface area contributed by atoms with Gasteiger partial charge in [-0.25, -0.2) is 0 Å². The van der Waals surface area contributed by atoms with Crippen LogP contribution in [0.3, 0.4) is 0 Å². The van der Waals surface area contributed by atoms with Gasteiger partial charge in [-0.1, -0.05) is 31.5 Å². The molecule has 118 valence electrons. The fourth-order valence-electron chi connectivity index (χ4n) is 2.88. The van der Waals surface area contributed by atoms with Crippen molar-refractivity contribution in [3.05, 3.63) is 29.3 Å². The topological polar surface area (TPSA) is 15.3 Å². The molecule has 1 N–H and O–H groups in total. The Morgan fingerprint density at radius 1 is 1.14 bits per heavy atom. The quantitative estimate of drug-likeness (QED) is 0.880. The molecule has 1 aromatic rings. The number of aryl methyl sites for hydroxylation is 1. The molecule has 0 atom stereocenters. The Morgan fingerprint density at radius 3 is 2.33 bits per heavy atom. The third kappa shape index (κ3) is 4.74. The summed E-state index contributed by atoms with van der Waals surface area (Å²) < 4.78 is 0. The van der Waals surface area contributed by atoms with Crippen LogP contribution in [0.2, 0.25) is 0 Å². The second-order valence-corrected chi connectivity index (χ2v) is 8.39. The van der Waals surface area contributed by atoms with Crippen LogP contribution in [-0.4, -0.2) is 18.6 Å². The molecule has 0 aromatic heterocycles. The van der Waals surface area contributed by atoms with E-state index in [-0.39, 0.29) is 5.54 Å². The molecule has 1 fully saturated rings. The third-order valence-corrected chi connectivity index (χ3v) is 4.50. The largest absolute Gasteiger partial charge is 0.371 e. The van der Waals surface area contributed by atoms with E-state index in [4.69, 9.17) is 0 Å². The minimum atomic E-state index is 0.158. The fraction of sp³-hybridized carbons (Fsp3) is 0.684. The fourth-order valence-corrected chi connectivity index (χ4v) is 2.88. The normalized spacial score (nSPS) is 18.9. The summed E-state index contributed by atoms with van der Waals surface area (Å²) in [6, 6.07) is 6.90. The van der Waals surface area contributed by atoms with E-state index >= 15 is 0 Å². The molecule has 0 amide bonds. The average molecular weight is 288 g/mol. The van der Waals surface area contributed by atoms with Crippen LogP contribution < -0.4 is 10.2 Å². The van der Waals surface area contributed by atoms with E-state index in [1.807, 2.05) is 0 Å². The van der Waals surface area contributed by atoms with E-state index < -0.39 is 0 Å².